The zero-order chi connectivity index (χ0) is 6.74. The number of hydrogen-bond donors (Lipinski definition) is 0. The van der Waals surface area contributed by atoms with Crippen molar-refractivity contribution < 1.29 is 19.2 Å². The third-order valence-electron chi connectivity index (χ3n) is 1.30. The standard InChI is InChI=1S/C5H10O4/c1-6-5(7-2)3-4-8-9-5/h3-4H2,1-2H3. The summed E-state index contributed by atoms with van der Waals surface area (Å²) < 4.78 is 9.76. The van der Waals surface area contributed by atoms with Crippen LogP contribution >= 0.6 is 0 Å². The minimum atomic E-state index is -0.944. The molecule has 0 saturated carbocycles. The second-order valence-electron chi connectivity index (χ2n) is 1.75. The second-order valence-corrected chi connectivity index (χ2v) is 1.75. The Kier molecular flexibility index (Phi) is 2.02. The summed E-state index contributed by atoms with van der Waals surface area (Å²) in [6, 6.07) is 0. The molecule has 1 heterocycles. The Labute approximate surface area is 53.6 Å². The van der Waals surface area contributed by atoms with Crippen LogP contribution in [0.25, 0.3) is 0 Å². The Morgan fingerprint density at radius 1 is 1.33 bits per heavy atom. The van der Waals surface area contributed by atoms with E-state index in [-0.39, 0.29) is 0 Å². The summed E-state index contributed by atoms with van der Waals surface area (Å²) in [5.74, 6) is -0.944. The van der Waals surface area contributed by atoms with E-state index in [1.807, 2.05) is 0 Å². The van der Waals surface area contributed by atoms with E-state index in [9.17, 15) is 0 Å². The Hall–Kier alpha value is -0.160. The van der Waals surface area contributed by atoms with Crippen LogP contribution in [0.4, 0.5) is 0 Å². The van der Waals surface area contributed by atoms with Gasteiger partial charge in [0, 0.05) is 14.2 Å². The van der Waals surface area contributed by atoms with Gasteiger partial charge in [0.25, 0.3) is 0 Å². The largest absolute Gasteiger partial charge is 0.329 e. The Balaban J connectivity index is 2.45. The molecule has 0 aromatic heterocycles. The predicted octanol–water partition coefficient (Wildman–Crippen LogP) is 0.285. The van der Waals surface area contributed by atoms with Gasteiger partial charge in [0.2, 0.25) is 0 Å². The van der Waals surface area contributed by atoms with Crippen LogP contribution in [0, 0.1) is 0 Å². The van der Waals surface area contributed by atoms with E-state index >= 15 is 0 Å². The van der Waals surface area contributed by atoms with Crippen molar-refractivity contribution in [3.8, 4) is 0 Å². The van der Waals surface area contributed by atoms with Crippen molar-refractivity contribution in [2.45, 2.75) is 12.4 Å². The summed E-state index contributed by atoms with van der Waals surface area (Å²) in [5, 5.41) is 0. The molecule has 1 aliphatic rings. The zero-order valence-corrected chi connectivity index (χ0v) is 5.55. The first-order valence-electron chi connectivity index (χ1n) is 2.74. The molecule has 0 N–H and O–H groups in total. The Bertz CT molecular complexity index is 81.0. The van der Waals surface area contributed by atoms with Gasteiger partial charge in [-0.15, -0.1) is 0 Å². The average Bonchev–Trinajstić information content (AvgIpc) is 2.36. The topological polar surface area (TPSA) is 36.9 Å². The lowest BCUT2D eigenvalue weighted by molar-refractivity contribution is -0.452. The van der Waals surface area contributed by atoms with Gasteiger partial charge in [-0.2, -0.15) is 4.89 Å². The summed E-state index contributed by atoms with van der Waals surface area (Å²) in [4.78, 5) is 9.29. The molecule has 0 spiro atoms. The molecular weight excluding hydrogens is 124 g/mol. The lowest BCUT2D eigenvalue weighted by atomic mass is 10.4. The van der Waals surface area contributed by atoms with Crippen LogP contribution in [0.15, 0.2) is 0 Å². The molecule has 0 unspecified atom stereocenters. The fourth-order valence-electron chi connectivity index (χ4n) is 0.695. The van der Waals surface area contributed by atoms with Crippen molar-refractivity contribution in [1.29, 1.82) is 0 Å². The monoisotopic (exact) mass is 134 g/mol. The van der Waals surface area contributed by atoms with E-state index in [1.54, 1.807) is 0 Å². The van der Waals surface area contributed by atoms with Crippen molar-refractivity contribution in [3.63, 3.8) is 0 Å². The highest BCUT2D eigenvalue weighted by molar-refractivity contribution is 4.56. The maximum atomic E-state index is 4.88. The van der Waals surface area contributed by atoms with Gasteiger partial charge in [0.1, 0.15) is 0 Å². The van der Waals surface area contributed by atoms with E-state index < -0.39 is 5.97 Å². The van der Waals surface area contributed by atoms with Gasteiger partial charge in [-0.25, -0.2) is 4.89 Å². The molecule has 0 radical (unpaired) electrons. The minimum absolute atomic E-state index is 0.516. The maximum absolute atomic E-state index is 4.88. The zero-order valence-electron chi connectivity index (χ0n) is 5.55. The first kappa shape index (κ1) is 6.95. The van der Waals surface area contributed by atoms with Crippen LogP contribution in [-0.2, 0) is 19.2 Å². The molecule has 0 atom stereocenters. The number of ether oxygens (including phenoxy) is 2. The number of methoxy groups -OCH3 is 2. The van der Waals surface area contributed by atoms with Crippen LogP contribution in [0.5, 0.6) is 0 Å². The summed E-state index contributed by atoms with van der Waals surface area (Å²) in [7, 11) is 3.02. The van der Waals surface area contributed by atoms with E-state index in [2.05, 4.69) is 4.89 Å². The molecule has 9 heavy (non-hydrogen) atoms. The molecule has 1 fully saturated rings. The maximum Gasteiger partial charge on any atom is 0.313 e. The SMILES string of the molecule is COC1(OC)CCOO1. The van der Waals surface area contributed by atoms with Gasteiger partial charge < -0.3 is 9.47 Å². The Morgan fingerprint density at radius 3 is 2.22 bits per heavy atom. The smallest absolute Gasteiger partial charge is 0.313 e. The molecule has 4 heteroatoms. The van der Waals surface area contributed by atoms with E-state index in [1.165, 1.54) is 14.2 Å². The molecule has 0 aromatic rings. The fraction of sp³-hybridized carbons (Fsp3) is 1.00. The third kappa shape index (κ3) is 1.21. The second kappa shape index (κ2) is 2.62. The summed E-state index contributed by atoms with van der Waals surface area (Å²) in [6.45, 7) is 0.516. The quantitative estimate of drug-likeness (QED) is 0.401. The summed E-state index contributed by atoms with van der Waals surface area (Å²) in [6.07, 6.45) is 0.611. The minimum Gasteiger partial charge on any atom is -0.329 e. The molecule has 4 nitrogen and oxygen atoms in total. The summed E-state index contributed by atoms with van der Waals surface area (Å²) >= 11 is 0. The van der Waals surface area contributed by atoms with E-state index in [4.69, 9.17) is 14.4 Å². The van der Waals surface area contributed by atoms with Crippen molar-refractivity contribution >= 4 is 0 Å². The van der Waals surface area contributed by atoms with E-state index in [0.29, 0.717) is 13.0 Å². The van der Waals surface area contributed by atoms with Crippen LogP contribution in [-0.4, -0.2) is 26.8 Å². The predicted molar refractivity (Wildman–Crippen MR) is 28.4 cm³/mol. The highest BCUT2D eigenvalue weighted by Gasteiger charge is 2.37. The van der Waals surface area contributed by atoms with Gasteiger partial charge in [0.15, 0.2) is 0 Å². The third-order valence-corrected chi connectivity index (χ3v) is 1.30. The highest BCUT2D eigenvalue weighted by Crippen LogP contribution is 2.23. The number of hydrogen-bond acceptors (Lipinski definition) is 4. The van der Waals surface area contributed by atoms with Crippen LogP contribution < -0.4 is 0 Å². The molecule has 1 rings (SSSR count). The molecular formula is C5H10O4. The molecule has 0 amide bonds. The molecule has 0 bridgehead atoms. The molecule has 0 aromatic carbocycles. The summed E-state index contributed by atoms with van der Waals surface area (Å²) in [5.41, 5.74) is 0. The van der Waals surface area contributed by atoms with Gasteiger partial charge >= 0.3 is 5.97 Å². The highest BCUT2D eigenvalue weighted by atomic mass is 17.3. The molecule has 0 aliphatic carbocycles. The van der Waals surface area contributed by atoms with Crippen LogP contribution in [0.1, 0.15) is 6.42 Å². The lowest BCUT2D eigenvalue weighted by Gasteiger charge is -2.20. The average molecular weight is 134 g/mol. The Morgan fingerprint density at radius 2 is 2.00 bits per heavy atom. The fourth-order valence-corrected chi connectivity index (χ4v) is 0.695. The van der Waals surface area contributed by atoms with Crippen molar-refractivity contribution in [1.82, 2.24) is 0 Å². The van der Waals surface area contributed by atoms with Gasteiger partial charge in [-0.1, -0.05) is 0 Å². The molecule has 54 valence electrons. The first-order chi connectivity index (χ1) is 4.33. The first-order valence-corrected chi connectivity index (χ1v) is 2.74. The lowest BCUT2D eigenvalue weighted by Crippen LogP contribution is -2.31. The molecule has 1 aliphatic heterocycles. The van der Waals surface area contributed by atoms with Gasteiger partial charge in [-0.05, 0) is 0 Å². The van der Waals surface area contributed by atoms with Crippen LogP contribution in [0.2, 0.25) is 0 Å². The molecule has 1 saturated heterocycles. The van der Waals surface area contributed by atoms with Crippen LogP contribution in [0.3, 0.4) is 0 Å². The van der Waals surface area contributed by atoms with E-state index in [0.717, 1.165) is 0 Å². The van der Waals surface area contributed by atoms with Crippen molar-refractivity contribution in [2.24, 2.45) is 0 Å². The van der Waals surface area contributed by atoms with Crippen molar-refractivity contribution in [2.75, 3.05) is 20.8 Å². The van der Waals surface area contributed by atoms with Gasteiger partial charge in [-0.3, -0.25) is 0 Å². The normalized spacial score (nSPS) is 24.7. The van der Waals surface area contributed by atoms with Crippen molar-refractivity contribution in [3.05, 3.63) is 0 Å². The van der Waals surface area contributed by atoms with Gasteiger partial charge in [0.05, 0.1) is 13.0 Å². The number of rotatable bonds is 2.